The normalized spacial score (nSPS) is 11.8. The first-order valence-corrected chi connectivity index (χ1v) is 11.8. The highest BCUT2D eigenvalue weighted by Gasteiger charge is 2.26. The van der Waals surface area contributed by atoms with E-state index in [0.717, 1.165) is 41.1 Å². The van der Waals surface area contributed by atoms with Gasteiger partial charge in [0, 0.05) is 17.7 Å². The smallest absolute Gasteiger partial charge is 0.270 e. The Labute approximate surface area is 196 Å². The van der Waals surface area contributed by atoms with Crippen LogP contribution in [0.25, 0.3) is 22.6 Å². The second-order valence-electron chi connectivity index (χ2n) is 8.14. The third kappa shape index (κ3) is 4.75. The van der Waals surface area contributed by atoms with Crippen LogP contribution in [0.15, 0.2) is 84.9 Å². The zero-order valence-corrected chi connectivity index (χ0v) is 19.6. The number of aromatic nitrogens is 2. The Balaban J connectivity index is 1.84. The molecule has 33 heavy (non-hydrogen) atoms. The molecule has 0 aliphatic heterocycles. The summed E-state index contributed by atoms with van der Waals surface area (Å²) in [5, 5.41) is 3.28. The molecule has 1 aromatic heterocycles. The second kappa shape index (κ2) is 10.3. The number of carbonyl (C=O) groups excluding carboxylic acids is 1. The van der Waals surface area contributed by atoms with Crippen molar-refractivity contribution in [3.05, 3.63) is 102 Å². The Morgan fingerprint density at radius 3 is 2.18 bits per heavy atom. The average Bonchev–Trinajstić information content (AvgIpc) is 3.28. The average molecular weight is 438 g/mol. The third-order valence-electron chi connectivity index (χ3n) is 6.06. The van der Waals surface area contributed by atoms with Crippen LogP contribution in [0.5, 0.6) is 0 Å². The number of rotatable bonds is 8. The summed E-state index contributed by atoms with van der Waals surface area (Å²) in [7, 11) is 0. The van der Waals surface area contributed by atoms with Crippen molar-refractivity contribution < 1.29 is 4.79 Å². The first-order valence-electron chi connectivity index (χ1n) is 11.8. The number of aryl methyl sites for hydroxylation is 1. The molecule has 0 aliphatic rings. The first kappa shape index (κ1) is 22.5. The zero-order valence-electron chi connectivity index (χ0n) is 19.6. The standard InChI is InChI=1S/C29H31N3O/c1-4-21-14-13-19-24(20-21)26-27(29(33)30-25(5-2)22-15-9-7-10-16-22)32(6-3)28(31-26)23-17-11-8-12-18-23/h7-20,25H,4-6H2,1-3H3,(H,30,33). The van der Waals surface area contributed by atoms with Crippen LogP contribution in [0.4, 0.5) is 0 Å². The van der Waals surface area contributed by atoms with E-state index in [-0.39, 0.29) is 11.9 Å². The molecule has 1 N–H and O–H groups in total. The van der Waals surface area contributed by atoms with Crippen molar-refractivity contribution in [3.63, 3.8) is 0 Å². The molecule has 0 aliphatic carbocycles. The number of benzene rings is 3. The summed E-state index contributed by atoms with van der Waals surface area (Å²) in [6.07, 6.45) is 1.74. The van der Waals surface area contributed by atoms with E-state index in [9.17, 15) is 4.79 Å². The van der Waals surface area contributed by atoms with Gasteiger partial charge >= 0.3 is 0 Å². The molecule has 1 amide bonds. The van der Waals surface area contributed by atoms with Crippen LogP contribution in [0.2, 0.25) is 0 Å². The van der Waals surface area contributed by atoms with Crippen molar-refractivity contribution >= 4 is 5.91 Å². The van der Waals surface area contributed by atoms with Crippen molar-refractivity contribution in [2.24, 2.45) is 0 Å². The summed E-state index contributed by atoms with van der Waals surface area (Å²) in [5.41, 5.74) is 5.64. The van der Waals surface area contributed by atoms with E-state index < -0.39 is 0 Å². The number of hydrogen-bond acceptors (Lipinski definition) is 2. The van der Waals surface area contributed by atoms with Crippen molar-refractivity contribution in [1.29, 1.82) is 0 Å². The predicted octanol–water partition coefficient (Wildman–Crippen LogP) is 6.68. The Hall–Kier alpha value is -3.66. The Bertz CT molecular complexity index is 1210. The van der Waals surface area contributed by atoms with E-state index in [4.69, 9.17) is 4.98 Å². The van der Waals surface area contributed by atoms with Gasteiger partial charge in [0.1, 0.15) is 17.2 Å². The summed E-state index contributed by atoms with van der Waals surface area (Å²) >= 11 is 0. The Morgan fingerprint density at radius 2 is 1.55 bits per heavy atom. The van der Waals surface area contributed by atoms with Crippen molar-refractivity contribution in [3.8, 4) is 22.6 Å². The minimum Gasteiger partial charge on any atom is -0.344 e. The fraction of sp³-hybridized carbons (Fsp3) is 0.241. The third-order valence-corrected chi connectivity index (χ3v) is 6.06. The molecule has 4 rings (SSSR count). The molecule has 1 heterocycles. The molecule has 4 aromatic rings. The van der Waals surface area contributed by atoms with Gasteiger partial charge in [-0.05, 0) is 37.0 Å². The monoisotopic (exact) mass is 437 g/mol. The molecular weight excluding hydrogens is 406 g/mol. The molecule has 0 radical (unpaired) electrons. The van der Waals surface area contributed by atoms with Crippen LogP contribution in [-0.2, 0) is 13.0 Å². The topological polar surface area (TPSA) is 46.9 Å². The van der Waals surface area contributed by atoms with Gasteiger partial charge in [0.05, 0.1) is 6.04 Å². The SMILES string of the molecule is CCc1cccc(-c2nc(-c3ccccc3)n(CC)c2C(=O)NC(CC)c2ccccc2)c1. The quantitative estimate of drug-likeness (QED) is 0.334. The predicted molar refractivity (Wildman–Crippen MR) is 135 cm³/mol. The highest BCUT2D eigenvalue weighted by molar-refractivity contribution is 5.99. The largest absolute Gasteiger partial charge is 0.344 e. The molecule has 0 saturated carbocycles. The van der Waals surface area contributed by atoms with Gasteiger partial charge < -0.3 is 9.88 Å². The maximum Gasteiger partial charge on any atom is 0.270 e. The lowest BCUT2D eigenvalue weighted by molar-refractivity contribution is 0.0927. The number of nitrogens with zero attached hydrogens (tertiary/aromatic N) is 2. The molecule has 0 bridgehead atoms. The van der Waals surface area contributed by atoms with Gasteiger partial charge in [-0.1, -0.05) is 92.7 Å². The lowest BCUT2D eigenvalue weighted by atomic mass is 10.0. The molecule has 0 spiro atoms. The van der Waals surface area contributed by atoms with Gasteiger partial charge in [0.15, 0.2) is 0 Å². The summed E-state index contributed by atoms with van der Waals surface area (Å²) in [5.74, 6) is 0.715. The van der Waals surface area contributed by atoms with Gasteiger partial charge in [-0.3, -0.25) is 4.79 Å². The zero-order chi connectivity index (χ0) is 23.2. The lowest BCUT2D eigenvalue weighted by Gasteiger charge is -2.19. The molecule has 0 fully saturated rings. The summed E-state index contributed by atoms with van der Waals surface area (Å²) in [6, 6.07) is 28.5. The molecule has 4 nitrogen and oxygen atoms in total. The summed E-state index contributed by atoms with van der Waals surface area (Å²) in [6.45, 7) is 6.94. The summed E-state index contributed by atoms with van der Waals surface area (Å²) < 4.78 is 2.04. The van der Waals surface area contributed by atoms with Crippen LogP contribution in [0.3, 0.4) is 0 Å². The molecule has 3 aromatic carbocycles. The maximum absolute atomic E-state index is 13.8. The van der Waals surface area contributed by atoms with E-state index in [1.165, 1.54) is 5.56 Å². The summed E-state index contributed by atoms with van der Waals surface area (Å²) in [4.78, 5) is 18.8. The minimum absolute atomic E-state index is 0.0612. The van der Waals surface area contributed by atoms with Crippen molar-refractivity contribution in [2.75, 3.05) is 0 Å². The highest BCUT2D eigenvalue weighted by atomic mass is 16.2. The van der Waals surface area contributed by atoms with E-state index >= 15 is 0 Å². The number of nitrogens with one attached hydrogen (secondary N) is 1. The van der Waals surface area contributed by atoms with E-state index in [2.05, 4.69) is 50.4 Å². The number of imidazole rings is 1. The van der Waals surface area contributed by atoms with E-state index in [0.29, 0.717) is 12.2 Å². The van der Waals surface area contributed by atoms with Gasteiger partial charge in [0.25, 0.3) is 5.91 Å². The van der Waals surface area contributed by atoms with Crippen LogP contribution < -0.4 is 5.32 Å². The molecule has 1 atom stereocenters. The lowest BCUT2D eigenvalue weighted by Crippen LogP contribution is -2.30. The first-order chi connectivity index (χ1) is 16.2. The highest BCUT2D eigenvalue weighted by Crippen LogP contribution is 2.31. The van der Waals surface area contributed by atoms with E-state index in [1.807, 2.05) is 65.2 Å². The molecule has 1 unspecified atom stereocenters. The number of amides is 1. The van der Waals surface area contributed by atoms with Crippen LogP contribution in [0, 0.1) is 0 Å². The Kier molecular flexibility index (Phi) is 7.04. The fourth-order valence-electron chi connectivity index (χ4n) is 4.27. The minimum atomic E-state index is -0.0980. The molecule has 168 valence electrons. The van der Waals surface area contributed by atoms with Crippen molar-refractivity contribution in [1.82, 2.24) is 14.9 Å². The van der Waals surface area contributed by atoms with Crippen LogP contribution in [-0.4, -0.2) is 15.5 Å². The molecular formula is C29H31N3O. The van der Waals surface area contributed by atoms with Gasteiger partial charge in [0.2, 0.25) is 0 Å². The van der Waals surface area contributed by atoms with Gasteiger partial charge in [-0.2, -0.15) is 0 Å². The van der Waals surface area contributed by atoms with E-state index in [1.54, 1.807) is 0 Å². The second-order valence-corrected chi connectivity index (χ2v) is 8.14. The van der Waals surface area contributed by atoms with Crippen LogP contribution >= 0.6 is 0 Å². The number of carbonyl (C=O) groups is 1. The molecule has 0 saturated heterocycles. The van der Waals surface area contributed by atoms with Crippen LogP contribution in [0.1, 0.15) is 54.8 Å². The Morgan fingerprint density at radius 1 is 0.879 bits per heavy atom. The fourth-order valence-corrected chi connectivity index (χ4v) is 4.27. The molecule has 4 heteroatoms. The maximum atomic E-state index is 13.8. The van der Waals surface area contributed by atoms with Crippen molar-refractivity contribution in [2.45, 2.75) is 46.2 Å². The van der Waals surface area contributed by atoms with Gasteiger partial charge in [-0.25, -0.2) is 4.98 Å². The number of hydrogen-bond donors (Lipinski definition) is 1. The van der Waals surface area contributed by atoms with Gasteiger partial charge in [-0.15, -0.1) is 0 Å².